The van der Waals surface area contributed by atoms with Crippen molar-refractivity contribution in [3.05, 3.63) is 89.3 Å². The zero-order valence-electron chi connectivity index (χ0n) is 17.6. The second-order valence-corrected chi connectivity index (χ2v) is 8.67. The van der Waals surface area contributed by atoms with Gasteiger partial charge in [-0.1, -0.05) is 41.7 Å². The summed E-state index contributed by atoms with van der Waals surface area (Å²) in [6.45, 7) is 4.03. The van der Waals surface area contributed by atoms with E-state index in [2.05, 4.69) is 34.3 Å². The Bertz CT molecular complexity index is 1380. The molecule has 5 nitrogen and oxygen atoms in total. The van der Waals surface area contributed by atoms with Crippen LogP contribution in [0.1, 0.15) is 23.5 Å². The van der Waals surface area contributed by atoms with Crippen molar-refractivity contribution in [3.63, 3.8) is 0 Å². The third-order valence-electron chi connectivity index (χ3n) is 5.19. The SMILES string of the molecule is Cc1nc2cc(-c3ccnc(N[C@@H](C)c4ccccc4)n3)c(-c3ccc(F)cc3)nc2s1. The summed E-state index contributed by atoms with van der Waals surface area (Å²) in [4.78, 5) is 19.5. The third-order valence-corrected chi connectivity index (χ3v) is 6.07. The Morgan fingerprint density at radius 1 is 0.938 bits per heavy atom. The fourth-order valence-electron chi connectivity index (χ4n) is 3.59. The Morgan fingerprint density at radius 2 is 1.72 bits per heavy atom. The van der Waals surface area contributed by atoms with E-state index in [4.69, 9.17) is 9.97 Å². The van der Waals surface area contributed by atoms with E-state index in [1.54, 1.807) is 18.3 Å². The first-order chi connectivity index (χ1) is 15.6. The predicted molar refractivity (Wildman–Crippen MR) is 127 cm³/mol. The van der Waals surface area contributed by atoms with Gasteiger partial charge in [0.15, 0.2) is 0 Å². The smallest absolute Gasteiger partial charge is 0.223 e. The van der Waals surface area contributed by atoms with Crippen LogP contribution < -0.4 is 5.32 Å². The number of hydrogen-bond donors (Lipinski definition) is 1. The number of aromatic nitrogens is 4. The highest BCUT2D eigenvalue weighted by Gasteiger charge is 2.16. The van der Waals surface area contributed by atoms with Crippen molar-refractivity contribution < 1.29 is 4.39 Å². The molecule has 0 aliphatic heterocycles. The van der Waals surface area contributed by atoms with E-state index in [9.17, 15) is 4.39 Å². The molecule has 0 aliphatic carbocycles. The Kier molecular flexibility index (Phi) is 5.33. The molecule has 1 atom stereocenters. The summed E-state index contributed by atoms with van der Waals surface area (Å²) in [5.41, 5.74) is 5.07. The van der Waals surface area contributed by atoms with Crippen molar-refractivity contribution in [2.75, 3.05) is 5.32 Å². The van der Waals surface area contributed by atoms with Gasteiger partial charge in [0, 0.05) is 17.3 Å². The maximum absolute atomic E-state index is 13.5. The first-order valence-corrected chi connectivity index (χ1v) is 11.1. The van der Waals surface area contributed by atoms with Crippen LogP contribution >= 0.6 is 11.3 Å². The van der Waals surface area contributed by atoms with Crippen LogP contribution in [0.5, 0.6) is 0 Å². The highest BCUT2D eigenvalue weighted by molar-refractivity contribution is 7.18. The number of halogens is 1. The third kappa shape index (κ3) is 4.07. The van der Waals surface area contributed by atoms with Gasteiger partial charge in [-0.25, -0.2) is 24.3 Å². The molecule has 3 aromatic heterocycles. The molecule has 32 heavy (non-hydrogen) atoms. The summed E-state index contributed by atoms with van der Waals surface area (Å²) in [6.07, 6.45) is 1.73. The van der Waals surface area contributed by atoms with Crippen molar-refractivity contribution in [3.8, 4) is 22.5 Å². The van der Waals surface area contributed by atoms with Gasteiger partial charge in [-0.15, -0.1) is 0 Å². The van der Waals surface area contributed by atoms with Crippen molar-refractivity contribution in [2.24, 2.45) is 0 Å². The van der Waals surface area contributed by atoms with E-state index < -0.39 is 0 Å². The molecule has 158 valence electrons. The number of anilines is 1. The molecule has 0 amide bonds. The number of fused-ring (bicyclic) bond motifs is 1. The average Bonchev–Trinajstić information content (AvgIpc) is 3.18. The topological polar surface area (TPSA) is 63.6 Å². The summed E-state index contributed by atoms with van der Waals surface area (Å²) in [6, 6.07) is 20.4. The summed E-state index contributed by atoms with van der Waals surface area (Å²) in [5.74, 6) is 0.242. The fourth-order valence-corrected chi connectivity index (χ4v) is 4.36. The molecular weight excluding hydrogens is 421 g/mol. The molecule has 0 bridgehead atoms. The summed E-state index contributed by atoms with van der Waals surface area (Å²) < 4.78 is 13.5. The molecule has 0 fully saturated rings. The van der Waals surface area contributed by atoms with Crippen LogP contribution in [0.15, 0.2) is 72.9 Å². The molecular formula is C25H20FN5S. The summed E-state index contributed by atoms with van der Waals surface area (Å²) >= 11 is 1.54. The number of nitrogens with one attached hydrogen (secondary N) is 1. The number of pyridine rings is 1. The lowest BCUT2D eigenvalue weighted by Crippen LogP contribution is -2.09. The van der Waals surface area contributed by atoms with Crippen LogP contribution in [0.2, 0.25) is 0 Å². The van der Waals surface area contributed by atoms with Crippen LogP contribution in [0, 0.1) is 12.7 Å². The molecule has 0 saturated heterocycles. The molecule has 5 rings (SSSR count). The quantitative estimate of drug-likeness (QED) is 0.340. The summed E-state index contributed by atoms with van der Waals surface area (Å²) in [5, 5.41) is 4.31. The van der Waals surface area contributed by atoms with Crippen LogP contribution in [0.4, 0.5) is 10.3 Å². The minimum atomic E-state index is -0.284. The molecule has 0 aliphatic rings. The van der Waals surface area contributed by atoms with Gasteiger partial charge in [-0.3, -0.25) is 0 Å². The Labute approximate surface area is 189 Å². The number of thiazole rings is 1. The molecule has 1 N–H and O–H groups in total. The normalized spacial score (nSPS) is 12.1. The minimum absolute atomic E-state index is 0.0461. The second-order valence-electron chi connectivity index (χ2n) is 7.49. The van der Waals surface area contributed by atoms with Gasteiger partial charge in [-0.05, 0) is 55.8 Å². The van der Waals surface area contributed by atoms with Crippen molar-refractivity contribution in [1.29, 1.82) is 0 Å². The first-order valence-electron chi connectivity index (χ1n) is 10.3. The Morgan fingerprint density at radius 3 is 2.50 bits per heavy atom. The van der Waals surface area contributed by atoms with Crippen LogP contribution in [-0.4, -0.2) is 19.9 Å². The molecule has 0 radical (unpaired) electrons. The number of benzene rings is 2. The second kappa shape index (κ2) is 8.43. The van der Waals surface area contributed by atoms with E-state index in [0.29, 0.717) is 5.95 Å². The predicted octanol–water partition coefficient (Wildman–Crippen LogP) is 6.44. The van der Waals surface area contributed by atoms with Crippen LogP contribution in [0.25, 0.3) is 32.9 Å². The zero-order chi connectivity index (χ0) is 22.1. The molecule has 0 unspecified atom stereocenters. The molecule has 5 aromatic rings. The van der Waals surface area contributed by atoms with Gasteiger partial charge < -0.3 is 5.32 Å². The van der Waals surface area contributed by atoms with Crippen LogP contribution in [-0.2, 0) is 0 Å². The van der Waals surface area contributed by atoms with Crippen molar-refractivity contribution in [2.45, 2.75) is 19.9 Å². The van der Waals surface area contributed by atoms with E-state index in [0.717, 1.165) is 43.4 Å². The monoisotopic (exact) mass is 441 g/mol. The van der Waals surface area contributed by atoms with Gasteiger partial charge in [0.05, 0.1) is 22.4 Å². The van der Waals surface area contributed by atoms with Gasteiger partial charge in [0.25, 0.3) is 0 Å². The van der Waals surface area contributed by atoms with Gasteiger partial charge >= 0.3 is 0 Å². The minimum Gasteiger partial charge on any atom is -0.348 e. The van der Waals surface area contributed by atoms with E-state index in [-0.39, 0.29) is 11.9 Å². The standard InChI is InChI=1S/C25H20FN5S/c1-15(17-6-4-3-5-7-17)28-25-27-13-12-21(30-25)20-14-22-24(32-16(2)29-22)31-23(20)18-8-10-19(26)11-9-18/h3-15H,1-2H3,(H,27,28,30)/t15-/m0/s1. The molecule has 0 saturated carbocycles. The van der Waals surface area contributed by atoms with Crippen molar-refractivity contribution >= 4 is 27.6 Å². The maximum atomic E-state index is 13.5. The number of nitrogens with zero attached hydrogens (tertiary/aromatic N) is 4. The van der Waals surface area contributed by atoms with Gasteiger partial charge in [0.2, 0.25) is 5.95 Å². The fraction of sp³-hybridized carbons (Fsp3) is 0.120. The lowest BCUT2D eigenvalue weighted by atomic mass is 10.0. The number of hydrogen-bond acceptors (Lipinski definition) is 6. The van der Waals surface area contributed by atoms with Crippen LogP contribution in [0.3, 0.4) is 0 Å². The van der Waals surface area contributed by atoms with Gasteiger partial charge in [-0.2, -0.15) is 0 Å². The van der Waals surface area contributed by atoms with E-state index in [1.165, 1.54) is 23.5 Å². The Hall–Kier alpha value is -3.71. The van der Waals surface area contributed by atoms with Gasteiger partial charge in [0.1, 0.15) is 16.2 Å². The molecule has 7 heteroatoms. The highest BCUT2D eigenvalue weighted by atomic mass is 32.1. The largest absolute Gasteiger partial charge is 0.348 e. The van der Waals surface area contributed by atoms with E-state index >= 15 is 0 Å². The number of aryl methyl sites for hydroxylation is 1. The molecule has 0 spiro atoms. The molecule has 3 heterocycles. The number of rotatable bonds is 5. The summed E-state index contributed by atoms with van der Waals surface area (Å²) in [7, 11) is 0. The van der Waals surface area contributed by atoms with E-state index in [1.807, 2.05) is 37.3 Å². The average molecular weight is 442 g/mol. The van der Waals surface area contributed by atoms with Crippen molar-refractivity contribution in [1.82, 2.24) is 19.9 Å². The lowest BCUT2D eigenvalue weighted by Gasteiger charge is -2.15. The first kappa shape index (κ1) is 20.2. The highest BCUT2D eigenvalue weighted by Crippen LogP contribution is 2.34. The lowest BCUT2D eigenvalue weighted by molar-refractivity contribution is 0.628. The molecule has 2 aromatic carbocycles. The Balaban J connectivity index is 1.58. The maximum Gasteiger partial charge on any atom is 0.223 e. The zero-order valence-corrected chi connectivity index (χ0v) is 18.4.